The summed E-state index contributed by atoms with van der Waals surface area (Å²) in [4.78, 5) is 14.7. The highest BCUT2D eigenvalue weighted by Crippen LogP contribution is 2.05. The van der Waals surface area contributed by atoms with Crippen molar-refractivity contribution in [2.75, 3.05) is 13.1 Å². The third kappa shape index (κ3) is 1.26. The number of carbonyl (C=O) groups excluding carboxylic acids is 1. The number of quaternary nitrogens is 1. The summed E-state index contributed by atoms with van der Waals surface area (Å²) in [5.41, 5.74) is 0. The maximum atomic E-state index is 10.7. The van der Waals surface area contributed by atoms with Crippen LogP contribution in [0.5, 0.6) is 0 Å². The Morgan fingerprint density at radius 3 is 3.09 bits per heavy atom. The highest BCUT2D eigenvalue weighted by molar-refractivity contribution is 5.97. The lowest BCUT2D eigenvalue weighted by molar-refractivity contribution is -0.655. The lowest BCUT2D eigenvalue weighted by atomic mass is 10.2. The number of nitrogens with two attached hydrogens (primary N) is 1. The largest absolute Gasteiger partial charge is 0.404 e. The van der Waals surface area contributed by atoms with Gasteiger partial charge in [0.15, 0.2) is 6.04 Å². The van der Waals surface area contributed by atoms with Gasteiger partial charge in [0.05, 0.1) is 6.54 Å². The minimum absolute atomic E-state index is 0.208. The molecule has 0 spiro atoms. The topological polar surface area (TPSA) is 55.3 Å². The van der Waals surface area contributed by atoms with E-state index in [-0.39, 0.29) is 12.5 Å². The fourth-order valence-electron chi connectivity index (χ4n) is 1.52. The fraction of sp³-hybridized carbons (Fsp3) is 0.714. The van der Waals surface area contributed by atoms with Crippen molar-refractivity contribution in [3.63, 3.8) is 0 Å². The van der Waals surface area contributed by atoms with Gasteiger partial charge in [-0.15, -0.1) is 0 Å². The Morgan fingerprint density at radius 2 is 2.55 bits per heavy atom. The van der Waals surface area contributed by atoms with Gasteiger partial charge in [0.1, 0.15) is 6.54 Å². The average molecular weight is 155 g/mol. The molecule has 1 fully saturated rings. The summed E-state index contributed by atoms with van der Waals surface area (Å²) in [5, 5.41) is 2.18. The third-order valence-corrected chi connectivity index (χ3v) is 2.07. The number of carbonyl (C=O) groups is 1. The molecular weight excluding hydrogens is 144 g/mol. The summed E-state index contributed by atoms with van der Waals surface area (Å²) in [5.74, 6) is 0.438. The van der Waals surface area contributed by atoms with Gasteiger partial charge in [0.2, 0.25) is 0 Å². The van der Waals surface area contributed by atoms with Crippen LogP contribution in [0.25, 0.3) is 0 Å². The number of cyclic esters (lactones) is 1. The molecule has 4 nitrogen and oxygen atoms in total. The summed E-state index contributed by atoms with van der Waals surface area (Å²) in [7, 11) is 0. The Bertz CT molecular complexity index is 206. The number of hydrogen-bond acceptors (Lipinski definition) is 3. The van der Waals surface area contributed by atoms with Crippen LogP contribution in [0, 0.1) is 0 Å². The summed E-state index contributed by atoms with van der Waals surface area (Å²) in [6.45, 7) is 1.35. The SMILES string of the molecule is O=C1CN=C([C@@H]2CCC[NH2+]2)O1. The molecule has 0 aliphatic carbocycles. The van der Waals surface area contributed by atoms with Crippen molar-refractivity contribution in [3.05, 3.63) is 0 Å². The predicted octanol–water partition coefficient (Wildman–Crippen LogP) is -1.33. The predicted molar refractivity (Wildman–Crippen MR) is 38.2 cm³/mol. The van der Waals surface area contributed by atoms with Crippen molar-refractivity contribution in [2.24, 2.45) is 4.99 Å². The van der Waals surface area contributed by atoms with E-state index in [2.05, 4.69) is 10.3 Å². The number of nitrogens with zero attached hydrogens (tertiary/aromatic N) is 1. The highest BCUT2D eigenvalue weighted by atomic mass is 16.6. The molecule has 0 radical (unpaired) electrons. The molecular formula is C7H11N2O2+. The molecule has 1 atom stereocenters. The van der Waals surface area contributed by atoms with Crippen LogP contribution in [-0.4, -0.2) is 31.0 Å². The van der Waals surface area contributed by atoms with Crippen LogP contribution in [0.3, 0.4) is 0 Å². The van der Waals surface area contributed by atoms with Gasteiger partial charge in [0.25, 0.3) is 5.90 Å². The lowest BCUT2D eigenvalue weighted by Crippen LogP contribution is -2.88. The van der Waals surface area contributed by atoms with Crippen LogP contribution in [0.4, 0.5) is 0 Å². The van der Waals surface area contributed by atoms with E-state index < -0.39 is 0 Å². The van der Waals surface area contributed by atoms with Crippen molar-refractivity contribution >= 4 is 11.9 Å². The minimum atomic E-state index is -0.208. The number of hydrogen-bond donors (Lipinski definition) is 1. The van der Waals surface area contributed by atoms with Gasteiger partial charge in [-0.05, 0) is 0 Å². The summed E-state index contributed by atoms with van der Waals surface area (Å²) in [6.07, 6.45) is 2.29. The molecule has 0 aromatic rings. The van der Waals surface area contributed by atoms with E-state index in [9.17, 15) is 4.79 Å². The Morgan fingerprint density at radius 1 is 1.64 bits per heavy atom. The summed E-state index contributed by atoms with van der Waals surface area (Å²) >= 11 is 0. The quantitative estimate of drug-likeness (QED) is 0.477. The molecule has 0 aromatic carbocycles. The molecule has 2 rings (SSSR count). The monoisotopic (exact) mass is 155 g/mol. The van der Waals surface area contributed by atoms with Crippen molar-refractivity contribution in [1.82, 2.24) is 0 Å². The Labute approximate surface area is 64.6 Å². The summed E-state index contributed by atoms with van der Waals surface area (Å²) in [6, 6.07) is 0.321. The zero-order chi connectivity index (χ0) is 7.68. The standard InChI is InChI=1S/C7H10N2O2/c10-6-4-9-7(11-6)5-2-1-3-8-5/h5,8H,1-4H2/p+1/t5-/m0/s1. The van der Waals surface area contributed by atoms with E-state index in [1.807, 2.05) is 0 Å². The average Bonchev–Trinajstić information content (AvgIpc) is 2.55. The van der Waals surface area contributed by atoms with Crippen LogP contribution in [-0.2, 0) is 9.53 Å². The number of ether oxygens (including phenoxy) is 1. The van der Waals surface area contributed by atoms with Gasteiger partial charge in [-0.2, -0.15) is 0 Å². The smallest absolute Gasteiger partial charge is 0.334 e. The molecule has 2 heterocycles. The molecule has 11 heavy (non-hydrogen) atoms. The van der Waals surface area contributed by atoms with Crippen molar-refractivity contribution in [2.45, 2.75) is 18.9 Å². The van der Waals surface area contributed by atoms with E-state index in [0.29, 0.717) is 11.9 Å². The van der Waals surface area contributed by atoms with Crippen LogP contribution in [0.1, 0.15) is 12.8 Å². The van der Waals surface area contributed by atoms with Gasteiger partial charge in [-0.1, -0.05) is 0 Å². The molecule has 0 amide bonds. The normalized spacial score (nSPS) is 30.4. The molecule has 0 saturated carbocycles. The van der Waals surface area contributed by atoms with Crippen molar-refractivity contribution in [3.8, 4) is 0 Å². The molecule has 60 valence electrons. The Balaban J connectivity index is 1.99. The zero-order valence-corrected chi connectivity index (χ0v) is 6.25. The van der Waals surface area contributed by atoms with E-state index in [1.165, 1.54) is 6.42 Å². The molecule has 2 aliphatic heterocycles. The number of aliphatic imine (C=N–C) groups is 1. The highest BCUT2D eigenvalue weighted by Gasteiger charge is 2.30. The van der Waals surface area contributed by atoms with E-state index in [4.69, 9.17) is 4.74 Å². The Hall–Kier alpha value is -0.900. The first-order chi connectivity index (χ1) is 5.36. The fourth-order valence-corrected chi connectivity index (χ4v) is 1.52. The van der Waals surface area contributed by atoms with Crippen molar-refractivity contribution in [1.29, 1.82) is 0 Å². The molecule has 2 N–H and O–H groups in total. The summed E-state index contributed by atoms with van der Waals surface area (Å²) < 4.78 is 4.93. The molecule has 1 saturated heterocycles. The van der Waals surface area contributed by atoms with Gasteiger partial charge in [-0.3, -0.25) is 0 Å². The molecule has 0 unspecified atom stereocenters. The number of esters is 1. The van der Waals surface area contributed by atoms with Crippen molar-refractivity contribution < 1.29 is 14.8 Å². The molecule has 0 aromatic heterocycles. The van der Waals surface area contributed by atoms with Crippen LogP contribution >= 0.6 is 0 Å². The second kappa shape index (κ2) is 2.62. The maximum absolute atomic E-state index is 10.7. The van der Waals surface area contributed by atoms with Gasteiger partial charge in [-0.25, -0.2) is 9.79 Å². The first kappa shape index (κ1) is 6.79. The second-order valence-electron chi connectivity index (χ2n) is 2.90. The Kier molecular flexibility index (Phi) is 1.62. The second-order valence-corrected chi connectivity index (χ2v) is 2.90. The lowest BCUT2D eigenvalue weighted by Gasteiger charge is -2.03. The maximum Gasteiger partial charge on any atom is 0.334 e. The molecule has 4 heteroatoms. The third-order valence-electron chi connectivity index (χ3n) is 2.07. The first-order valence-electron chi connectivity index (χ1n) is 3.94. The van der Waals surface area contributed by atoms with E-state index in [0.717, 1.165) is 13.0 Å². The van der Waals surface area contributed by atoms with E-state index >= 15 is 0 Å². The first-order valence-corrected chi connectivity index (χ1v) is 3.94. The number of rotatable bonds is 1. The van der Waals surface area contributed by atoms with Gasteiger partial charge < -0.3 is 10.1 Å². The van der Waals surface area contributed by atoms with Gasteiger partial charge >= 0.3 is 5.97 Å². The van der Waals surface area contributed by atoms with Crippen LogP contribution in [0.15, 0.2) is 4.99 Å². The minimum Gasteiger partial charge on any atom is -0.404 e. The molecule has 0 bridgehead atoms. The molecule has 2 aliphatic rings. The zero-order valence-electron chi connectivity index (χ0n) is 6.25. The van der Waals surface area contributed by atoms with Crippen LogP contribution < -0.4 is 5.32 Å². The van der Waals surface area contributed by atoms with Crippen LogP contribution in [0.2, 0.25) is 0 Å². The van der Waals surface area contributed by atoms with Gasteiger partial charge in [0, 0.05) is 12.8 Å². The van der Waals surface area contributed by atoms with E-state index in [1.54, 1.807) is 0 Å².